The molecule has 0 aliphatic carbocycles. The predicted octanol–water partition coefficient (Wildman–Crippen LogP) is 2.84. The second-order valence-corrected chi connectivity index (χ2v) is 8.79. The van der Waals surface area contributed by atoms with Crippen molar-refractivity contribution < 1.29 is 19.4 Å². The molecular formula is C23H32N2O4. The van der Waals surface area contributed by atoms with Gasteiger partial charge in [-0.05, 0) is 69.2 Å². The maximum absolute atomic E-state index is 13.2. The molecule has 0 spiro atoms. The van der Waals surface area contributed by atoms with Crippen LogP contribution in [0, 0.1) is 5.41 Å². The van der Waals surface area contributed by atoms with E-state index in [2.05, 4.69) is 6.92 Å². The summed E-state index contributed by atoms with van der Waals surface area (Å²) in [5.41, 5.74) is 0.498. The molecule has 6 nitrogen and oxygen atoms in total. The molecule has 3 aliphatic rings. The number of carbonyl (C=O) groups is 2. The Balaban J connectivity index is 1.37. The zero-order valence-electron chi connectivity index (χ0n) is 17.3. The van der Waals surface area contributed by atoms with E-state index in [1.807, 2.05) is 9.80 Å². The Kier molecular flexibility index (Phi) is 5.81. The van der Waals surface area contributed by atoms with E-state index in [-0.39, 0.29) is 42.5 Å². The second-order valence-electron chi connectivity index (χ2n) is 8.79. The van der Waals surface area contributed by atoms with Crippen molar-refractivity contribution in [3.8, 4) is 5.75 Å². The largest absolute Gasteiger partial charge is 0.484 e. The lowest BCUT2D eigenvalue weighted by molar-refractivity contribution is -0.134. The number of ether oxygens (including phenoxy) is 1. The van der Waals surface area contributed by atoms with Crippen molar-refractivity contribution in [3.05, 3.63) is 29.8 Å². The van der Waals surface area contributed by atoms with Crippen LogP contribution in [0.1, 0.15) is 62.2 Å². The third-order valence-electron chi connectivity index (χ3n) is 7.28. The molecule has 2 amide bonds. The molecule has 158 valence electrons. The van der Waals surface area contributed by atoms with Crippen molar-refractivity contribution in [2.24, 2.45) is 5.41 Å². The lowest BCUT2D eigenvalue weighted by Crippen LogP contribution is -2.42. The number of carbonyl (C=O) groups excluding carboxylic acids is 2. The summed E-state index contributed by atoms with van der Waals surface area (Å²) in [4.78, 5) is 29.3. The van der Waals surface area contributed by atoms with Gasteiger partial charge in [-0.1, -0.05) is 6.92 Å². The van der Waals surface area contributed by atoms with E-state index in [0.29, 0.717) is 11.3 Å². The summed E-state index contributed by atoms with van der Waals surface area (Å²) in [6.07, 6.45) is 7.12. The highest BCUT2D eigenvalue weighted by atomic mass is 16.5. The van der Waals surface area contributed by atoms with Crippen LogP contribution in [0.15, 0.2) is 24.3 Å². The van der Waals surface area contributed by atoms with Crippen molar-refractivity contribution in [2.45, 2.75) is 64.0 Å². The number of piperidine rings is 1. The van der Waals surface area contributed by atoms with Gasteiger partial charge in [0.2, 0.25) is 0 Å². The number of rotatable bonds is 6. The first-order valence-corrected chi connectivity index (χ1v) is 11.0. The molecule has 0 saturated carbocycles. The Bertz CT molecular complexity index is 738. The maximum atomic E-state index is 13.2. The Hall–Kier alpha value is -2.08. The zero-order chi connectivity index (χ0) is 20.4. The monoisotopic (exact) mass is 400 g/mol. The van der Waals surface area contributed by atoms with Crippen LogP contribution in [0.5, 0.6) is 5.75 Å². The molecule has 3 aliphatic heterocycles. The summed E-state index contributed by atoms with van der Waals surface area (Å²) in [6, 6.07) is 7.48. The Labute approximate surface area is 172 Å². The fraction of sp³-hybridized carbons (Fsp3) is 0.652. The molecular weight excluding hydrogens is 368 g/mol. The van der Waals surface area contributed by atoms with Crippen molar-refractivity contribution >= 4 is 11.8 Å². The van der Waals surface area contributed by atoms with Crippen LogP contribution >= 0.6 is 0 Å². The Morgan fingerprint density at radius 2 is 1.86 bits per heavy atom. The molecule has 4 rings (SSSR count). The van der Waals surface area contributed by atoms with Crippen molar-refractivity contribution in [2.75, 3.05) is 26.3 Å². The molecule has 0 unspecified atom stereocenters. The quantitative estimate of drug-likeness (QED) is 0.797. The van der Waals surface area contributed by atoms with E-state index in [1.165, 1.54) is 6.42 Å². The highest BCUT2D eigenvalue weighted by Gasteiger charge is 2.56. The van der Waals surface area contributed by atoms with E-state index < -0.39 is 0 Å². The third kappa shape index (κ3) is 3.75. The van der Waals surface area contributed by atoms with Gasteiger partial charge in [-0.25, -0.2) is 0 Å². The predicted molar refractivity (Wildman–Crippen MR) is 110 cm³/mol. The molecule has 29 heavy (non-hydrogen) atoms. The van der Waals surface area contributed by atoms with Crippen LogP contribution in [0.4, 0.5) is 0 Å². The number of aliphatic hydroxyl groups excluding tert-OH is 1. The summed E-state index contributed by atoms with van der Waals surface area (Å²) in [5, 5.41) is 9.96. The number of aliphatic hydroxyl groups is 1. The normalized spacial score (nSPS) is 28.6. The molecule has 1 aromatic rings. The molecule has 6 heteroatoms. The SMILES string of the molecule is CC[C@]1(CO)C[C@H]2CC[C@@H]1N2C(=O)c1ccc(OCC(=O)N2CCCCC2)cc1. The van der Waals surface area contributed by atoms with E-state index in [0.717, 1.165) is 51.6 Å². The fourth-order valence-electron chi connectivity index (χ4n) is 5.48. The van der Waals surface area contributed by atoms with E-state index in [9.17, 15) is 14.7 Å². The van der Waals surface area contributed by atoms with E-state index in [1.54, 1.807) is 24.3 Å². The zero-order valence-corrected chi connectivity index (χ0v) is 17.3. The van der Waals surface area contributed by atoms with Gasteiger partial charge in [0.15, 0.2) is 6.61 Å². The summed E-state index contributed by atoms with van der Waals surface area (Å²) in [6.45, 7) is 3.93. The highest BCUT2D eigenvalue weighted by molar-refractivity contribution is 5.95. The number of fused-ring (bicyclic) bond motifs is 2. The smallest absolute Gasteiger partial charge is 0.260 e. The third-order valence-corrected chi connectivity index (χ3v) is 7.28. The van der Waals surface area contributed by atoms with Gasteiger partial charge in [-0.3, -0.25) is 9.59 Å². The van der Waals surface area contributed by atoms with Crippen LogP contribution < -0.4 is 4.74 Å². The minimum Gasteiger partial charge on any atom is -0.484 e. The molecule has 3 atom stereocenters. The first-order valence-electron chi connectivity index (χ1n) is 11.0. The number of hydrogen-bond donors (Lipinski definition) is 1. The van der Waals surface area contributed by atoms with Gasteiger partial charge in [0.05, 0.1) is 6.61 Å². The highest BCUT2D eigenvalue weighted by Crippen LogP contribution is 2.51. The van der Waals surface area contributed by atoms with Crippen LogP contribution in [-0.2, 0) is 4.79 Å². The number of nitrogens with zero attached hydrogens (tertiary/aromatic N) is 2. The van der Waals surface area contributed by atoms with Crippen LogP contribution in [0.25, 0.3) is 0 Å². The second kappa shape index (κ2) is 8.34. The van der Waals surface area contributed by atoms with Crippen LogP contribution in [-0.4, -0.2) is 65.1 Å². The molecule has 1 N–H and O–H groups in total. The molecule has 3 saturated heterocycles. The molecule has 0 aromatic heterocycles. The van der Waals surface area contributed by atoms with Crippen LogP contribution in [0.2, 0.25) is 0 Å². The van der Waals surface area contributed by atoms with Crippen molar-refractivity contribution in [1.82, 2.24) is 9.80 Å². The molecule has 2 bridgehead atoms. The first-order chi connectivity index (χ1) is 14.1. The summed E-state index contributed by atoms with van der Waals surface area (Å²) >= 11 is 0. The number of likely N-dealkylation sites (tertiary alicyclic amines) is 1. The Morgan fingerprint density at radius 3 is 2.48 bits per heavy atom. The summed E-state index contributed by atoms with van der Waals surface area (Å²) in [5.74, 6) is 0.671. The molecule has 3 fully saturated rings. The number of hydrogen-bond acceptors (Lipinski definition) is 4. The van der Waals surface area contributed by atoms with Gasteiger partial charge >= 0.3 is 0 Å². The van der Waals surface area contributed by atoms with Gasteiger partial charge in [-0.2, -0.15) is 0 Å². The maximum Gasteiger partial charge on any atom is 0.260 e. The number of amides is 2. The minimum atomic E-state index is -0.142. The average Bonchev–Trinajstić information content (AvgIpc) is 3.34. The van der Waals surface area contributed by atoms with E-state index >= 15 is 0 Å². The molecule has 3 heterocycles. The van der Waals surface area contributed by atoms with Gasteiger partial charge < -0.3 is 19.6 Å². The lowest BCUT2D eigenvalue weighted by atomic mass is 9.72. The topological polar surface area (TPSA) is 70.1 Å². The van der Waals surface area contributed by atoms with Gasteiger partial charge in [0, 0.05) is 36.2 Å². The Morgan fingerprint density at radius 1 is 1.14 bits per heavy atom. The number of benzene rings is 1. The molecule has 0 radical (unpaired) electrons. The lowest BCUT2D eigenvalue weighted by Gasteiger charge is -2.34. The first kappa shape index (κ1) is 20.2. The average molecular weight is 401 g/mol. The summed E-state index contributed by atoms with van der Waals surface area (Å²) in [7, 11) is 0. The summed E-state index contributed by atoms with van der Waals surface area (Å²) < 4.78 is 5.65. The van der Waals surface area contributed by atoms with Gasteiger partial charge in [0.1, 0.15) is 5.75 Å². The van der Waals surface area contributed by atoms with Gasteiger partial charge in [-0.15, -0.1) is 0 Å². The minimum absolute atomic E-state index is 0.0263. The van der Waals surface area contributed by atoms with Crippen LogP contribution in [0.3, 0.4) is 0 Å². The molecule has 1 aromatic carbocycles. The van der Waals surface area contributed by atoms with Crippen molar-refractivity contribution in [3.63, 3.8) is 0 Å². The standard InChI is InChI=1S/C23H32N2O4/c1-2-23(16-26)14-18-8-11-20(23)25(18)22(28)17-6-9-19(10-7-17)29-15-21(27)24-12-4-3-5-13-24/h6-7,9-10,18,20,26H,2-5,8,11-16H2,1H3/t18-,20+,23-/m1/s1. The van der Waals surface area contributed by atoms with Crippen molar-refractivity contribution in [1.29, 1.82) is 0 Å². The fourth-order valence-corrected chi connectivity index (χ4v) is 5.48. The van der Waals surface area contributed by atoms with Gasteiger partial charge in [0.25, 0.3) is 11.8 Å². The van der Waals surface area contributed by atoms with E-state index in [4.69, 9.17) is 4.74 Å².